The van der Waals surface area contributed by atoms with E-state index in [0.29, 0.717) is 11.6 Å². The number of carbonyl (C=O) groups is 1. The lowest BCUT2D eigenvalue weighted by molar-refractivity contribution is 0.0928. The Morgan fingerprint density at radius 1 is 1.48 bits per heavy atom. The van der Waals surface area contributed by atoms with E-state index in [0.717, 1.165) is 56.0 Å². The van der Waals surface area contributed by atoms with Crippen LogP contribution < -0.4 is 5.32 Å². The number of nitrogens with one attached hydrogen (secondary N) is 2. The van der Waals surface area contributed by atoms with Gasteiger partial charge in [-0.2, -0.15) is 0 Å². The average molecular weight is 315 g/mol. The van der Waals surface area contributed by atoms with Crippen LogP contribution in [0.25, 0.3) is 0 Å². The van der Waals surface area contributed by atoms with Crippen molar-refractivity contribution in [1.29, 1.82) is 0 Å². The van der Waals surface area contributed by atoms with Crippen molar-refractivity contribution in [2.45, 2.75) is 44.7 Å². The van der Waals surface area contributed by atoms with Crippen LogP contribution >= 0.6 is 0 Å². The number of nitrogens with zero attached hydrogens (tertiary/aromatic N) is 3. The molecule has 1 aliphatic carbocycles. The summed E-state index contributed by atoms with van der Waals surface area (Å²) in [5, 5.41) is 6.96. The van der Waals surface area contributed by atoms with Gasteiger partial charge >= 0.3 is 0 Å². The largest absolute Gasteiger partial charge is 0.360 e. The summed E-state index contributed by atoms with van der Waals surface area (Å²) in [5.74, 6) is 1.18. The number of amides is 1. The molecule has 2 aromatic rings. The molecule has 1 atom stereocenters. The molecule has 1 saturated carbocycles. The van der Waals surface area contributed by atoms with Gasteiger partial charge in [0.1, 0.15) is 5.76 Å². The number of aromatic nitrogens is 3. The maximum atomic E-state index is 12.3. The van der Waals surface area contributed by atoms with Gasteiger partial charge in [0.25, 0.3) is 5.91 Å². The van der Waals surface area contributed by atoms with Crippen molar-refractivity contribution in [2.24, 2.45) is 0 Å². The quantitative estimate of drug-likeness (QED) is 0.875. The van der Waals surface area contributed by atoms with Crippen LogP contribution in [-0.4, -0.2) is 45.1 Å². The van der Waals surface area contributed by atoms with Gasteiger partial charge in [-0.15, -0.1) is 0 Å². The zero-order chi connectivity index (χ0) is 15.8. The minimum atomic E-state index is -0.136. The van der Waals surface area contributed by atoms with Gasteiger partial charge in [-0.1, -0.05) is 5.16 Å². The van der Waals surface area contributed by atoms with Crippen molar-refractivity contribution in [3.05, 3.63) is 35.2 Å². The molecule has 7 nitrogen and oxygen atoms in total. The molecule has 0 spiro atoms. The van der Waals surface area contributed by atoms with Gasteiger partial charge in [-0.05, 0) is 26.2 Å². The van der Waals surface area contributed by atoms with Gasteiger partial charge in [-0.3, -0.25) is 9.69 Å². The first-order chi connectivity index (χ1) is 11.2. The Hall–Kier alpha value is -2.15. The van der Waals surface area contributed by atoms with Crippen LogP contribution in [0.1, 0.15) is 52.8 Å². The fourth-order valence-corrected chi connectivity index (χ4v) is 3.07. The van der Waals surface area contributed by atoms with Gasteiger partial charge < -0.3 is 14.8 Å². The molecule has 1 unspecified atom stereocenters. The fourth-order valence-electron chi connectivity index (χ4n) is 3.07. The van der Waals surface area contributed by atoms with E-state index in [2.05, 4.69) is 25.3 Å². The molecule has 0 aromatic carbocycles. The van der Waals surface area contributed by atoms with E-state index >= 15 is 0 Å². The van der Waals surface area contributed by atoms with Gasteiger partial charge in [0.2, 0.25) is 0 Å². The highest BCUT2D eigenvalue weighted by Crippen LogP contribution is 2.40. The van der Waals surface area contributed by atoms with Gasteiger partial charge in [0.15, 0.2) is 5.69 Å². The Balaban J connectivity index is 1.31. The Bertz CT molecular complexity index is 703. The van der Waals surface area contributed by atoms with E-state index in [9.17, 15) is 4.79 Å². The van der Waals surface area contributed by atoms with Crippen LogP contribution in [-0.2, 0) is 6.54 Å². The summed E-state index contributed by atoms with van der Waals surface area (Å²) < 4.78 is 5.25. The second-order valence-corrected chi connectivity index (χ2v) is 6.56. The van der Waals surface area contributed by atoms with E-state index in [1.165, 1.54) is 0 Å². The summed E-state index contributed by atoms with van der Waals surface area (Å²) in [6, 6.07) is 1.94. The van der Waals surface area contributed by atoms with Gasteiger partial charge in [-0.25, -0.2) is 4.98 Å². The minimum absolute atomic E-state index is 0.136. The number of H-pyrrole nitrogens is 1. The first kappa shape index (κ1) is 14.4. The third-order valence-electron chi connectivity index (χ3n) is 4.66. The number of hydrogen-bond donors (Lipinski definition) is 2. The normalized spacial score (nSPS) is 21.7. The van der Waals surface area contributed by atoms with Crippen molar-refractivity contribution in [3.63, 3.8) is 0 Å². The van der Waals surface area contributed by atoms with Crippen LogP contribution in [0.2, 0.25) is 0 Å². The molecule has 1 saturated heterocycles. The summed E-state index contributed by atoms with van der Waals surface area (Å²) in [6.07, 6.45) is 4.95. The second kappa shape index (κ2) is 5.81. The number of aromatic amines is 1. The zero-order valence-electron chi connectivity index (χ0n) is 13.2. The number of likely N-dealkylation sites (tertiary alicyclic amines) is 1. The second-order valence-electron chi connectivity index (χ2n) is 6.56. The summed E-state index contributed by atoms with van der Waals surface area (Å²) >= 11 is 0. The molecule has 2 aromatic heterocycles. The molecule has 1 amide bonds. The third-order valence-corrected chi connectivity index (χ3v) is 4.66. The van der Waals surface area contributed by atoms with E-state index in [4.69, 9.17) is 4.52 Å². The van der Waals surface area contributed by atoms with Crippen molar-refractivity contribution < 1.29 is 9.32 Å². The molecule has 0 bridgehead atoms. The summed E-state index contributed by atoms with van der Waals surface area (Å²) in [7, 11) is 0. The Morgan fingerprint density at radius 3 is 3.09 bits per heavy atom. The van der Waals surface area contributed by atoms with Crippen molar-refractivity contribution >= 4 is 5.91 Å². The molecule has 4 rings (SSSR count). The lowest BCUT2D eigenvalue weighted by Gasteiger charge is -2.15. The maximum Gasteiger partial charge on any atom is 0.273 e. The van der Waals surface area contributed by atoms with Crippen LogP contribution in [0.3, 0.4) is 0 Å². The Morgan fingerprint density at radius 2 is 2.35 bits per heavy atom. The number of hydrogen-bond acceptors (Lipinski definition) is 5. The van der Waals surface area contributed by atoms with Crippen LogP contribution in [0.5, 0.6) is 0 Å². The van der Waals surface area contributed by atoms with E-state index in [1.54, 1.807) is 12.4 Å². The van der Waals surface area contributed by atoms with E-state index < -0.39 is 0 Å². The molecule has 122 valence electrons. The SMILES string of the molecule is Cc1[nH]cnc1CN1CCC(NC(=O)c2cc(C3CC3)on2)C1. The van der Waals surface area contributed by atoms with Crippen LogP contribution in [0, 0.1) is 6.92 Å². The first-order valence-corrected chi connectivity index (χ1v) is 8.17. The highest BCUT2D eigenvalue weighted by molar-refractivity contribution is 5.92. The smallest absolute Gasteiger partial charge is 0.273 e. The van der Waals surface area contributed by atoms with Gasteiger partial charge in [0.05, 0.1) is 12.0 Å². The number of aryl methyl sites for hydroxylation is 1. The highest BCUT2D eigenvalue weighted by atomic mass is 16.5. The maximum absolute atomic E-state index is 12.3. The van der Waals surface area contributed by atoms with Crippen molar-refractivity contribution in [1.82, 2.24) is 25.3 Å². The number of rotatable bonds is 5. The molecule has 2 N–H and O–H groups in total. The van der Waals surface area contributed by atoms with Crippen LogP contribution in [0.15, 0.2) is 16.9 Å². The number of carbonyl (C=O) groups excluding carboxylic acids is 1. The van der Waals surface area contributed by atoms with E-state index in [-0.39, 0.29) is 11.9 Å². The number of imidazole rings is 1. The summed E-state index contributed by atoms with van der Waals surface area (Å²) in [5.41, 5.74) is 2.57. The lowest BCUT2D eigenvalue weighted by Crippen LogP contribution is -2.37. The standard InChI is InChI=1S/C16H21N5O2/c1-10-14(18-9-17-10)8-21-5-4-12(7-21)19-16(22)13-6-15(23-20-13)11-2-3-11/h6,9,11-12H,2-5,7-8H2,1H3,(H,17,18)(H,19,22). The Kier molecular flexibility index (Phi) is 3.65. The molecule has 2 fully saturated rings. The molecular weight excluding hydrogens is 294 g/mol. The topological polar surface area (TPSA) is 87.0 Å². The van der Waals surface area contributed by atoms with Crippen LogP contribution in [0.4, 0.5) is 0 Å². The molecule has 3 heterocycles. The zero-order valence-corrected chi connectivity index (χ0v) is 13.2. The molecule has 7 heteroatoms. The molecule has 23 heavy (non-hydrogen) atoms. The summed E-state index contributed by atoms with van der Waals surface area (Å²) in [6.45, 7) is 4.64. The summed E-state index contributed by atoms with van der Waals surface area (Å²) in [4.78, 5) is 22.0. The molecular formula is C16H21N5O2. The lowest BCUT2D eigenvalue weighted by atomic mass is 10.2. The van der Waals surface area contributed by atoms with Gasteiger partial charge in [0, 0.05) is 43.4 Å². The predicted octanol–water partition coefficient (Wildman–Crippen LogP) is 1.59. The third kappa shape index (κ3) is 3.14. The fraction of sp³-hybridized carbons (Fsp3) is 0.562. The van der Waals surface area contributed by atoms with Crippen molar-refractivity contribution in [2.75, 3.05) is 13.1 Å². The monoisotopic (exact) mass is 315 g/mol. The predicted molar refractivity (Wildman–Crippen MR) is 83.0 cm³/mol. The molecule has 1 aliphatic heterocycles. The first-order valence-electron chi connectivity index (χ1n) is 8.17. The Labute approximate surface area is 134 Å². The van der Waals surface area contributed by atoms with Crippen molar-refractivity contribution in [3.8, 4) is 0 Å². The average Bonchev–Trinajstić information content (AvgIpc) is 2.94. The minimum Gasteiger partial charge on any atom is -0.360 e. The molecule has 2 aliphatic rings. The highest BCUT2D eigenvalue weighted by Gasteiger charge is 2.30. The molecule has 0 radical (unpaired) electrons. The van der Waals surface area contributed by atoms with E-state index in [1.807, 2.05) is 6.92 Å².